The Morgan fingerprint density at radius 3 is 2.50 bits per heavy atom. The molecule has 2 saturated carbocycles. The molecule has 4 heterocycles. The van der Waals surface area contributed by atoms with Gasteiger partial charge in [0.15, 0.2) is 11.4 Å². The van der Waals surface area contributed by atoms with E-state index in [0.29, 0.717) is 30.4 Å². The molecule has 0 spiro atoms. The number of alkyl carbamates (subject to hydrolysis) is 1. The molecule has 4 N–H and O–H groups in total. The van der Waals surface area contributed by atoms with E-state index in [2.05, 4.69) is 41.6 Å². The molecule has 8 rings (SSSR count). The van der Waals surface area contributed by atoms with E-state index in [1.54, 1.807) is 25.3 Å². The van der Waals surface area contributed by atoms with Crippen molar-refractivity contribution in [3.63, 3.8) is 0 Å². The number of aliphatic hydroxyl groups excluding tert-OH is 1. The van der Waals surface area contributed by atoms with Crippen molar-refractivity contribution in [1.29, 1.82) is 0 Å². The Labute approximate surface area is 359 Å². The zero-order valence-corrected chi connectivity index (χ0v) is 37.1. The summed E-state index contributed by atoms with van der Waals surface area (Å²) in [5.41, 5.74) is 1.38. The van der Waals surface area contributed by atoms with E-state index in [0.717, 1.165) is 53.1 Å². The largest absolute Gasteiger partial charge is 0.497 e. The summed E-state index contributed by atoms with van der Waals surface area (Å²) in [5.74, 6) is 0.931. The number of fused-ring (bicyclic) bond motifs is 2. The molecule has 1 aromatic heterocycles. The van der Waals surface area contributed by atoms with Crippen molar-refractivity contribution in [2.45, 2.75) is 126 Å². The number of anilines is 1. The lowest BCUT2D eigenvalue weighted by Gasteiger charge is -2.34. The molecule has 5 aliphatic rings. The lowest BCUT2D eigenvalue weighted by Crippen LogP contribution is -2.52. The summed E-state index contributed by atoms with van der Waals surface area (Å²) >= 11 is 1.48. The number of ether oxygens (including phenoxy) is 4. The summed E-state index contributed by atoms with van der Waals surface area (Å²) in [6.07, 6.45) is 6.18. The van der Waals surface area contributed by atoms with Crippen LogP contribution >= 0.6 is 11.3 Å². The van der Waals surface area contributed by atoms with Gasteiger partial charge in [-0.05, 0) is 125 Å². The summed E-state index contributed by atoms with van der Waals surface area (Å²) in [6.45, 7) is 10.2. The maximum atomic E-state index is 14.6. The van der Waals surface area contributed by atoms with Gasteiger partial charge in [-0.3, -0.25) is 0 Å². The number of carbonyl (C=O) groups excluding carboxylic acids is 1. The van der Waals surface area contributed by atoms with Gasteiger partial charge in [0.05, 0.1) is 53.5 Å². The number of aliphatic hydroxyl groups is 1. The molecule has 3 aromatic rings. The molecule has 6 atom stereocenters. The van der Waals surface area contributed by atoms with Crippen LogP contribution in [0.2, 0.25) is 0 Å². The fourth-order valence-electron chi connectivity index (χ4n) is 9.34. The van der Waals surface area contributed by atoms with E-state index < -0.39 is 40.7 Å². The van der Waals surface area contributed by atoms with Crippen LogP contribution in [0, 0.1) is 17.3 Å². The van der Waals surface area contributed by atoms with Crippen molar-refractivity contribution in [1.82, 2.24) is 24.8 Å². The quantitative estimate of drug-likeness (QED) is 0.125. The van der Waals surface area contributed by atoms with Crippen molar-refractivity contribution in [2.24, 2.45) is 17.3 Å². The van der Waals surface area contributed by atoms with Crippen molar-refractivity contribution in [3.05, 3.63) is 48.0 Å². The van der Waals surface area contributed by atoms with Crippen LogP contribution in [-0.2, 0) is 30.7 Å². The number of aromatic nitrogens is 1. The Morgan fingerprint density at radius 1 is 1.07 bits per heavy atom. The molecule has 2 aliphatic carbocycles. The van der Waals surface area contributed by atoms with Gasteiger partial charge in [0.25, 0.3) is 0 Å². The highest BCUT2D eigenvalue weighted by atomic mass is 32.2. The predicted octanol–water partition coefficient (Wildman–Crippen LogP) is 5.60. The number of nitrogens with one attached hydrogen (secondary N) is 3. The molecule has 60 heavy (non-hydrogen) atoms. The van der Waals surface area contributed by atoms with Gasteiger partial charge in [-0.1, -0.05) is 44.2 Å². The second-order valence-corrected chi connectivity index (χ2v) is 21.5. The molecule has 330 valence electrons. The average molecular weight is 869 g/mol. The molecule has 14 nitrogen and oxygen atoms in total. The number of hydrogen-bond acceptors (Lipinski definition) is 13. The number of sulfonamides is 1. The number of nitrogens with zero attached hydrogens (tertiary/aromatic N) is 3. The van der Waals surface area contributed by atoms with Crippen LogP contribution in [-0.4, -0.2) is 130 Å². The second kappa shape index (κ2) is 18.7. The van der Waals surface area contributed by atoms with E-state index in [1.807, 2.05) is 24.3 Å². The number of amides is 1. The van der Waals surface area contributed by atoms with Crippen LogP contribution in [0.25, 0.3) is 10.2 Å². The van der Waals surface area contributed by atoms with Gasteiger partial charge < -0.3 is 44.9 Å². The van der Waals surface area contributed by atoms with Crippen LogP contribution in [0.15, 0.2) is 47.4 Å². The molecular weight excluding hydrogens is 805 g/mol. The fourth-order valence-corrected chi connectivity index (χ4v) is 12.0. The lowest BCUT2D eigenvalue weighted by molar-refractivity contribution is -0.0908. The summed E-state index contributed by atoms with van der Waals surface area (Å²) in [4.78, 5) is 21.3. The molecule has 3 aliphatic heterocycles. The molecule has 5 fully saturated rings. The minimum absolute atomic E-state index is 0.0301. The number of carbonyl (C=O) groups is 1. The number of rotatable bonds is 18. The van der Waals surface area contributed by atoms with Crippen LogP contribution in [0.5, 0.6) is 5.75 Å². The van der Waals surface area contributed by atoms with Gasteiger partial charge in [0, 0.05) is 31.2 Å². The summed E-state index contributed by atoms with van der Waals surface area (Å²) in [6, 6.07) is 12.6. The van der Waals surface area contributed by atoms with Gasteiger partial charge in [-0.25, -0.2) is 18.2 Å². The van der Waals surface area contributed by atoms with Gasteiger partial charge in [0.2, 0.25) is 10.0 Å². The molecule has 2 aromatic carbocycles. The fraction of sp³-hybridized carbons (Fsp3) is 0.682. The molecule has 0 unspecified atom stereocenters. The highest BCUT2D eigenvalue weighted by Gasteiger charge is 2.50. The molecule has 1 amide bonds. The van der Waals surface area contributed by atoms with Gasteiger partial charge in [0.1, 0.15) is 11.9 Å². The van der Waals surface area contributed by atoms with E-state index in [4.69, 9.17) is 23.9 Å². The number of benzene rings is 2. The molecular formula is C44H64N6O8S2. The van der Waals surface area contributed by atoms with Crippen molar-refractivity contribution < 1.29 is 37.3 Å². The highest BCUT2D eigenvalue weighted by Crippen LogP contribution is 2.46. The minimum atomic E-state index is -4.07. The minimum Gasteiger partial charge on any atom is -0.497 e. The first-order valence-corrected chi connectivity index (χ1v) is 24.3. The number of hydrogen-bond donors (Lipinski definition) is 4. The summed E-state index contributed by atoms with van der Waals surface area (Å²) < 4.78 is 54.5. The van der Waals surface area contributed by atoms with Crippen molar-refractivity contribution in [2.75, 3.05) is 58.4 Å². The van der Waals surface area contributed by atoms with E-state index in [1.165, 1.54) is 54.4 Å². The van der Waals surface area contributed by atoms with E-state index in [9.17, 15) is 18.3 Å². The Bertz CT molecular complexity index is 2020. The third-order valence-corrected chi connectivity index (χ3v) is 16.0. The Hall–Kier alpha value is -3.09. The first kappa shape index (κ1) is 43.6. The number of methoxy groups -OCH3 is 1. The average Bonchev–Trinajstić information content (AvgIpc) is 3.76. The van der Waals surface area contributed by atoms with Crippen molar-refractivity contribution in [3.8, 4) is 5.75 Å². The smallest absolute Gasteiger partial charge is 0.407 e. The third-order valence-electron chi connectivity index (χ3n) is 13.2. The second-order valence-electron chi connectivity index (χ2n) is 18.5. The predicted molar refractivity (Wildman–Crippen MR) is 232 cm³/mol. The molecule has 0 bridgehead atoms. The Kier molecular flexibility index (Phi) is 13.6. The third kappa shape index (κ3) is 10.4. The van der Waals surface area contributed by atoms with Gasteiger partial charge in [-0.15, -0.1) is 0 Å². The zero-order valence-electron chi connectivity index (χ0n) is 35.5. The molecule has 3 saturated heterocycles. The molecule has 0 radical (unpaired) electrons. The van der Waals surface area contributed by atoms with Gasteiger partial charge >= 0.3 is 6.09 Å². The van der Waals surface area contributed by atoms with E-state index >= 15 is 0 Å². The lowest BCUT2D eigenvalue weighted by atomic mass is 9.90. The van der Waals surface area contributed by atoms with Crippen LogP contribution in [0.3, 0.4) is 0 Å². The van der Waals surface area contributed by atoms with Crippen LogP contribution in [0.4, 0.5) is 9.93 Å². The molecule has 16 heteroatoms. The highest BCUT2D eigenvalue weighted by molar-refractivity contribution is 7.89. The Balaban J connectivity index is 0.968. The Morgan fingerprint density at radius 2 is 1.80 bits per heavy atom. The van der Waals surface area contributed by atoms with Crippen LogP contribution < -0.4 is 20.7 Å². The monoisotopic (exact) mass is 868 g/mol. The number of thiazole rings is 1. The number of likely N-dealkylation sites (tertiary alicyclic amines) is 1. The van der Waals surface area contributed by atoms with Crippen molar-refractivity contribution >= 4 is 42.8 Å². The van der Waals surface area contributed by atoms with E-state index in [-0.39, 0.29) is 48.4 Å². The standard InChI is InChI=1S/C44H64N6O8S2/c1-28(2)23-45-36-25-56-41-40(36)38(26-57-41)58-43(52)48-35(21-29-7-13-32(55-4)14-8-29)37(51)24-50(27-44(3)17-18-44)60(53,54)33-15-16-34-39(22-33)59-42(47-34)46-30-9-11-31(12-10-30)49-19-5-6-20-49/h7-8,13-16,22,28,30-31,35-38,40-41,45,51H,5-6,9-12,17-21,23-27H2,1-4H3,(H,46,47)(H,48,52)/t30?,31?,35-,36-,37+,38-,40-,41+/m0/s1. The first-order valence-electron chi connectivity index (χ1n) is 22.0. The first-order chi connectivity index (χ1) is 28.9. The SMILES string of the molecule is COc1ccc(C[C@H](NC(=O)O[C@H]2CO[C@H]3OC[C@H](NCC(C)C)[C@H]32)[C@H](O)CN(CC2(C)CC2)S(=O)(=O)c2ccc3nc(NC4CCC(N5CCCC5)CC4)sc3c2)cc1. The maximum Gasteiger partial charge on any atom is 0.407 e. The van der Waals surface area contributed by atoms with Crippen LogP contribution in [0.1, 0.15) is 77.7 Å². The topological polar surface area (TPSA) is 164 Å². The zero-order chi connectivity index (χ0) is 42.0. The maximum absolute atomic E-state index is 14.6. The summed E-state index contributed by atoms with van der Waals surface area (Å²) in [7, 11) is -2.48. The van der Waals surface area contributed by atoms with Gasteiger partial charge in [-0.2, -0.15) is 4.31 Å². The summed E-state index contributed by atoms with van der Waals surface area (Å²) in [5, 5.41) is 22.9. The normalized spacial score (nSPS) is 27.6.